The topological polar surface area (TPSA) is 105 Å². The Balaban J connectivity index is 1.16. The van der Waals surface area contributed by atoms with Crippen LogP contribution in [0.5, 0.6) is 11.5 Å². The van der Waals surface area contributed by atoms with E-state index in [2.05, 4.69) is 19.1 Å². The van der Waals surface area contributed by atoms with Gasteiger partial charge in [-0.15, -0.1) is 0 Å². The van der Waals surface area contributed by atoms with Crippen LogP contribution in [0.1, 0.15) is 77.2 Å². The number of hydrogen-bond donors (Lipinski definition) is 1. The molecule has 1 N–H and O–H groups in total. The summed E-state index contributed by atoms with van der Waals surface area (Å²) in [5.41, 5.74) is 7.05. The number of methoxy groups -OCH3 is 1. The summed E-state index contributed by atoms with van der Waals surface area (Å²) in [7, 11) is 1.60. The minimum Gasteiger partial charge on any atom is -0.497 e. The van der Waals surface area contributed by atoms with Crippen LogP contribution >= 0.6 is 0 Å². The second-order valence-electron chi connectivity index (χ2n) is 12.9. The van der Waals surface area contributed by atoms with E-state index in [0.717, 1.165) is 76.6 Å². The van der Waals surface area contributed by atoms with Gasteiger partial charge in [0.2, 0.25) is 0 Å². The number of ketones is 1. The molecule has 5 rings (SSSR count). The average Bonchev–Trinajstić information content (AvgIpc) is 3.52. The lowest BCUT2D eigenvalue weighted by Gasteiger charge is -2.21. The molecular formula is C42H46N2O6. The smallest absolute Gasteiger partial charge is 0.323 e. The minimum atomic E-state index is -1.09. The summed E-state index contributed by atoms with van der Waals surface area (Å²) in [6, 6.07) is 28.3. The quantitative estimate of drug-likeness (QED) is 0.101. The molecule has 0 aliphatic carbocycles. The molecule has 0 aromatic heterocycles. The first-order valence-electron chi connectivity index (χ1n) is 17.4. The number of aliphatic imine (C=N–C) groups is 1. The molecule has 1 amide bonds. The van der Waals surface area contributed by atoms with Crippen molar-refractivity contribution in [1.29, 1.82) is 0 Å². The normalized spacial score (nSPS) is 11.8. The molecule has 260 valence electrons. The van der Waals surface area contributed by atoms with Gasteiger partial charge in [-0.05, 0) is 76.7 Å². The van der Waals surface area contributed by atoms with Crippen molar-refractivity contribution in [2.24, 2.45) is 4.99 Å². The van der Waals surface area contributed by atoms with Gasteiger partial charge in [-0.25, -0.2) is 0 Å². The highest BCUT2D eigenvalue weighted by Crippen LogP contribution is 2.30. The Morgan fingerprint density at radius 2 is 1.38 bits per heavy atom. The van der Waals surface area contributed by atoms with E-state index in [1.54, 1.807) is 31.4 Å². The lowest BCUT2D eigenvalue weighted by molar-refractivity contribution is -0.137. The van der Waals surface area contributed by atoms with Crippen molar-refractivity contribution in [3.8, 4) is 11.5 Å². The van der Waals surface area contributed by atoms with Crippen molar-refractivity contribution >= 4 is 29.1 Å². The lowest BCUT2D eigenvalue weighted by atomic mass is 10.0. The van der Waals surface area contributed by atoms with E-state index in [1.165, 1.54) is 30.6 Å². The van der Waals surface area contributed by atoms with Crippen LogP contribution in [0.15, 0.2) is 96.0 Å². The molecule has 4 aromatic carbocycles. The molecule has 0 unspecified atom stereocenters. The number of hydrogen-bond acceptors (Lipinski definition) is 6. The van der Waals surface area contributed by atoms with Crippen LogP contribution in [0.25, 0.3) is 0 Å². The fraction of sp³-hybridized carbons (Fsp3) is 0.333. The molecule has 1 aliphatic heterocycles. The van der Waals surface area contributed by atoms with E-state index in [4.69, 9.17) is 14.5 Å². The van der Waals surface area contributed by atoms with Crippen LogP contribution in [-0.4, -0.2) is 53.6 Å². The first-order valence-corrected chi connectivity index (χ1v) is 17.4. The predicted molar refractivity (Wildman–Crippen MR) is 196 cm³/mol. The van der Waals surface area contributed by atoms with Crippen LogP contribution in [-0.2, 0) is 41.8 Å². The lowest BCUT2D eigenvalue weighted by Crippen LogP contribution is -2.35. The van der Waals surface area contributed by atoms with Gasteiger partial charge in [0.15, 0.2) is 0 Å². The molecule has 1 aliphatic rings. The monoisotopic (exact) mass is 674 g/mol. The molecule has 0 fully saturated rings. The average molecular weight is 675 g/mol. The summed E-state index contributed by atoms with van der Waals surface area (Å²) in [6.07, 6.45) is 8.06. The predicted octanol–water partition coefficient (Wildman–Crippen LogP) is 8.00. The number of carbonyl (C=O) groups is 3. The molecule has 0 spiro atoms. The summed E-state index contributed by atoms with van der Waals surface area (Å²) in [6.45, 7) is 2.65. The number of benzene rings is 4. The maximum absolute atomic E-state index is 13.5. The van der Waals surface area contributed by atoms with E-state index in [9.17, 15) is 19.5 Å². The summed E-state index contributed by atoms with van der Waals surface area (Å²) < 4.78 is 11.1. The Kier molecular flexibility index (Phi) is 12.9. The van der Waals surface area contributed by atoms with Gasteiger partial charge in [-0.3, -0.25) is 19.4 Å². The van der Waals surface area contributed by atoms with Gasteiger partial charge in [-0.2, -0.15) is 0 Å². The summed E-state index contributed by atoms with van der Waals surface area (Å²) in [4.78, 5) is 44.1. The van der Waals surface area contributed by atoms with Crippen molar-refractivity contribution in [3.63, 3.8) is 0 Å². The molecule has 50 heavy (non-hydrogen) atoms. The Bertz CT molecular complexity index is 1780. The number of amides is 1. The zero-order chi connectivity index (χ0) is 35.3. The van der Waals surface area contributed by atoms with E-state index in [1.807, 2.05) is 54.6 Å². The molecule has 8 nitrogen and oxygen atoms in total. The molecule has 1 heterocycles. The van der Waals surface area contributed by atoms with Crippen molar-refractivity contribution < 1.29 is 29.0 Å². The zero-order valence-corrected chi connectivity index (χ0v) is 29.0. The third kappa shape index (κ3) is 10.6. The van der Waals surface area contributed by atoms with Gasteiger partial charge in [0.1, 0.15) is 23.8 Å². The molecule has 0 bridgehead atoms. The van der Waals surface area contributed by atoms with Gasteiger partial charge in [0.05, 0.1) is 19.4 Å². The number of nitrogens with zero attached hydrogens (tertiary/aromatic N) is 2. The van der Waals surface area contributed by atoms with Crippen LogP contribution in [0, 0.1) is 0 Å². The summed E-state index contributed by atoms with van der Waals surface area (Å²) >= 11 is 0. The van der Waals surface area contributed by atoms with Crippen molar-refractivity contribution in [2.75, 3.05) is 20.3 Å². The van der Waals surface area contributed by atoms with Crippen LogP contribution < -0.4 is 9.47 Å². The molecular weight excluding hydrogens is 628 g/mol. The highest BCUT2D eigenvalue weighted by Gasteiger charge is 2.21. The maximum atomic E-state index is 13.5. The zero-order valence-electron chi connectivity index (χ0n) is 29.0. The second-order valence-corrected chi connectivity index (χ2v) is 12.9. The molecule has 0 saturated carbocycles. The fourth-order valence-corrected chi connectivity index (χ4v) is 6.12. The van der Waals surface area contributed by atoms with E-state index < -0.39 is 18.4 Å². The Hall–Kier alpha value is -5.24. The largest absolute Gasteiger partial charge is 0.497 e. The highest BCUT2D eigenvalue weighted by molar-refractivity contribution is 5.97. The van der Waals surface area contributed by atoms with E-state index in [-0.39, 0.29) is 18.7 Å². The number of carboxylic acid groups (broad SMARTS) is 1. The SMILES string of the molecule is CCCCCCCOc1ccc(CC2=Nc3cc(CN(CC(=O)O)C(=O)c4ccc(CC(=O)Cc5ccc(OC)cc5)cc4)ccc3C2)cc1. The standard InChI is InChI=1S/C42H46N2O6/c1-3-4-5-6-7-22-50-39-20-13-30(14-21-39)23-36-27-35-17-10-33(26-40(35)43-36)28-44(29-41(46)47)42(48)34-15-8-31(9-16-34)24-37(45)25-32-11-18-38(49-2)19-12-32/h8-21,26H,3-7,22-25,27-29H2,1-2H3,(H,46,47). The number of carbonyl (C=O) groups excluding carboxylic acids is 2. The van der Waals surface area contributed by atoms with Gasteiger partial charge in [0.25, 0.3) is 5.91 Å². The Labute approximate surface area is 294 Å². The summed E-state index contributed by atoms with van der Waals surface area (Å²) in [5.74, 6) is 0.189. The third-order valence-corrected chi connectivity index (χ3v) is 8.82. The maximum Gasteiger partial charge on any atom is 0.323 e. The highest BCUT2D eigenvalue weighted by atomic mass is 16.5. The minimum absolute atomic E-state index is 0.0514. The van der Waals surface area contributed by atoms with Crippen molar-refractivity contribution in [1.82, 2.24) is 4.90 Å². The molecule has 4 aromatic rings. The molecule has 0 radical (unpaired) electrons. The van der Waals surface area contributed by atoms with E-state index in [0.29, 0.717) is 12.0 Å². The van der Waals surface area contributed by atoms with Crippen LogP contribution in [0.2, 0.25) is 0 Å². The Morgan fingerprint density at radius 3 is 2.04 bits per heavy atom. The van der Waals surface area contributed by atoms with Crippen molar-refractivity contribution in [2.45, 2.75) is 71.3 Å². The Morgan fingerprint density at radius 1 is 0.760 bits per heavy atom. The molecule has 8 heteroatoms. The van der Waals surface area contributed by atoms with E-state index >= 15 is 0 Å². The van der Waals surface area contributed by atoms with Crippen LogP contribution in [0.3, 0.4) is 0 Å². The van der Waals surface area contributed by atoms with Crippen LogP contribution in [0.4, 0.5) is 5.69 Å². The number of rotatable bonds is 19. The number of carboxylic acids is 1. The molecule has 0 atom stereocenters. The molecule has 0 saturated heterocycles. The third-order valence-electron chi connectivity index (χ3n) is 8.82. The number of Topliss-reactive ketones (excluding diaryl/α,β-unsaturated/α-hetero) is 1. The first-order chi connectivity index (χ1) is 24.3. The fourth-order valence-electron chi connectivity index (χ4n) is 6.12. The van der Waals surface area contributed by atoms with Gasteiger partial charge < -0.3 is 19.5 Å². The number of fused-ring (bicyclic) bond motifs is 1. The second kappa shape index (κ2) is 18.0. The van der Waals surface area contributed by atoms with Gasteiger partial charge in [-0.1, -0.05) is 81.1 Å². The number of ether oxygens (including phenoxy) is 2. The van der Waals surface area contributed by atoms with Gasteiger partial charge in [0, 0.05) is 43.5 Å². The number of unbranched alkanes of at least 4 members (excludes halogenated alkanes) is 4. The first kappa shape index (κ1) is 36.1. The summed E-state index contributed by atoms with van der Waals surface area (Å²) in [5, 5.41) is 9.61. The van der Waals surface area contributed by atoms with Crippen molar-refractivity contribution in [3.05, 3.63) is 124 Å². The van der Waals surface area contributed by atoms with Gasteiger partial charge >= 0.3 is 5.97 Å². The number of aliphatic carboxylic acids is 1.